The molecule has 2 rings (SSSR count). The Morgan fingerprint density at radius 1 is 1.22 bits per heavy atom. The van der Waals surface area contributed by atoms with Crippen molar-refractivity contribution < 1.29 is 4.74 Å². The van der Waals surface area contributed by atoms with E-state index in [9.17, 15) is 0 Å². The molecule has 0 saturated heterocycles. The summed E-state index contributed by atoms with van der Waals surface area (Å²) in [6, 6.07) is 11.4. The molecule has 1 aromatic heterocycles. The fraction of sp³-hybridized carbons (Fsp3) is 0.231. The molecule has 5 nitrogen and oxygen atoms in total. The van der Waals surface area contributed by atoms with Crippen molar-refractivity contribution in [1.82, 2.24) is 9.97 Å². The number of hydrazine groups is 1. The number of rotatable bonds is 5. The maximum Gasteiger partial charge on any atom is 0.168 e. The van der Waals surface area contributed by atoms with Crippen LogP contribution in [-0.4, -0.2) is 9.97 Å². The van der Waals surface area contributed by atoms with Crippen molar-refractivity contribution in [2.75, 3.05) is 5.43 Å². The summed E-state index contributed by atoms with van der Waals surface area (Å²) in [5.41, 5.74) is 3.47. The summed E-state index contributed by atoms with van der Waals surface area (Å²) >= 11 is 0. The lowest BCUT2D eigenvalue weighted by Crippen LogP contribution is -2.12. The first-order valence-electron chi connectivity index (χ1n) is 5.83. The van der Waals surface area contributed by atoms with Crippen molar-refractivity contribution in [3.05, 3.63) is 47.9 Å². The molecular weight excluding hydrogens is 228 g/mol. The molecule has 0 unspecified atom stereocenters. The number of hydrogen-bond acceptors (Lipinski definition) is 5. The smallest absolute Gasteiger partial charge is 0.168 e. The number of nitrogens with one attached hydrogen (secondary N) is 1. The Morgan fingerprint density at radius 3 is 2.67 bits per heavy atom. The maximum absolute atomic E-state index is 5.60. The molecular formula is C13H16N4O. The van der Waals surface area contributed by atoms with Gasteiger partial charge < -0.3 is 10.2 Å². The molecule has 18 heavy (non-hydrogen) atoms. The number of anilines is 1. The third kappa shape index (κ3) is 3.18. The molecule has 0 aliphatic carbocycles. The number of para-hydroxylation sites is 1. The van der Waals surface area contributed by atoms with Crippen molar-refractivity contribution in [3.63, 3.8) is 0 Å². The first-order valence-corrected chi connectivity index (χ1v) is 5.83. The van der Waals surface area contributed by atoms with Gasteiger partial charge >= 0.3 is 0 Å². The van der Waals surface area contributed by atoms with E-state index < -0.39 is 0 Å². The van der Waals surface area contributed by atoms with E-state index >= 15 is 0 Å². The Kier molecular flexibility index (Phi) is 4.09. The highest BCUT2D eigenvalue weighted by Gasteiger charge is 2.03. The number of nitrogen functional groups attached to an aromatic ring is 1. The minimum atomic E-state index is 0.326. The van der Waals surface area contributed by atoms with Crippen LogP contribution in [0.5, 0.6) is 5.75 Å². The Bertz CT molecular complexity index is 479. The zero-order valence-electron chi connectivity index (χ0n) is 10.3. The van der Waals surface area contributed by atoms with Crippen LogP contribution in [0.3, 0.4) is 0 Å². The number of aromatic nitrogens is 2. The van der Waals surface area contributed by atoms with Crippen LogP contribution in [0.25, 0.3) is 0 Å². The Hall–Kier alpha value is -2.14. The Balaban J connectivity index is 2.09. The van der Waals surface area contributed by atoms with Gasteiger partial charge in [0, 0.05) is 11.8 Å². The second-order valence-corrected chi connectivity index (χ2v) is 3.76. The minimum absolute atomic E-state index is 0.326. The molecule has 94 valence electrons. The van der Waals surface area contributed by atoms with Gasteiger partial charge in [0.25, 0.3) is 0 Å². The molecule has 0 spiro atoms. The molecule has 0 aliphatic rings. The molecule has 3 N–H and O–H groups in total. The Morgan fingerprint density at radius 2 is 2.00 bits per heavy atom. The lowest BCUT2D eigenvalue weighted by molar-refractivity contribution is 0.295. The molecule has 1 aromatic carbocycles. The predicted molar refractivity (Wildman–Crippen MR) is 70.0 cm³/mol. The van der Waals surface area contributed by atoms with E-state index in [0.29, 0.717) is 18.2 Å². The maximum atomic E-state index is 5.60. The van der Waals surface area contributed by atoms with E-state index in [2.05, 4.69) is 15.4 Å². The molecule has 0 amide bonds. The molecule has 0 bridgehead atoms. The SMILES string of the molecule is CCc1cc(NN)nc(COc2ccccc2)n1. The van der Waals surface area contributed by atoms with Gasteiger partial charge in [0.05, 0.1) is 0 Å². The number of ether oxygens (including phenoxy) is 1. The van der Waals surface area contributed by atoms with Crippen molar-refractivity contribution in [1.29, 1.82) is 0 Å². The van der Waals surface area contributed by atoms with Crippen LogP contribution in [-0.2, 0) is 13.0 Å². The molecule has 0 fully saturated rings. The summed E-state index contributed by atoms with van der Waals surface area (Å²) in [5.74, 6) is 7.39. The number of nitrogens with two attached hydrogens (primary N) is 1. The van der Waals surface area contributed by atoms with Crippen molar-refractivity contribution >= 4 is 5.82 Å². The first-order chi connectivity index (χ1) is 8.81. The monoisotopic (exact) mass is 244 g/mol. The molecule has 0 saturated carbocycles. The fourth-order valence-corrected chi connectivity index (χ4v) is 1.54. The van der Waals surface area contributed by atoms with Crippen LogP contribution < -0.4 is 16.0 Å². The summed E-state index contributed by atoms with van der Waals surface area (Å²) < 4.78 is 5.60. The van der Waals surface area contributed by atoms with E-state index in [1.165, 1.54) is 0 Å². The summed E-state index contributed by atoms with van der Waals surface area (Å²) in [6.07, 6.45) is 0.829. The van der Waals surface area contributed by atoms with Crippen LogP contribution >= 0.6 is 0 Å². The molecule has 2 aromatic rings. The molecule has 0 radical (unpaired) electrons. The van der Waals surface area contributed by atoms with E-state index in [4.69, 9.17) is 10.6 Å². The van der Waals surface area contributed by atoms with Crippen molar-refractivity contribution in [2.45, 2.75) is 20.0 Å². The highest BCUT2D eigenvalue weighted by atomic mass is 16.5. The van der Waals surface area contributed by atoms with Gasteiger partial charge in [-0.3, -0.25) is 0 Å². The van der Waals surface area contributed by atoms with Gasteiger partial charge in [-0.25, -0.2) is 15.8 Å². The van der Waals surface area contributed by atoms with Crippen LogP contribution in [0.4, 0.5) is 5.82 Å². The highest BCUT2D eigenvalue weighted by Crippen LogP contribution is 2.12. The van der Waals surface area contributed by atoms with E-state index in [-0.39, 0.29) is 0 Å². The molecule has 5 heteroatoms. The van der Waals surface area contributed by atoms with Gasteiger partial charge in [-0.2, -0.15) is 0 Å². The number of aryl methyl sites for hydroxylation is 1. The lowest BCUT2D eigenvalue weighted by Gasteiger charge is -2.08. The van der Waals surface area contributed by atoms with Crippen LogP contribution in [0.2, 0.25) is 0 Å². The topological polar surface area (TPSA) is 73.1 Å². The van der Waals surface area contributed by atoms with Crippen molar-refractivity contribution in [2.24, 2.45) is 5.84 Å². The fourth-order valence-electron chi connectivity index (χ4n) is 1.54. The highest BCUT2D eigenvalue weighted by molar-refractivity contribution is 5.34. The van der Waals surface area contributed by atoms with Crippen molar-refractivity contribution in [3.8, 4) is 5.75 Å². The number of benzene rings is 1. The zero-order valence-corrected chi connectivity index (χ0v) is 10.3. The number of hydrogen-bond donors (Lipinski definition) is 2. The summed E-state index contributed by atoms with van der Waals surface area (Å²) in [7, 11) is 0. The van der Waals surface area contributed by atoms with Crippen LogP contribution in [0.15, 0.2) is 36.4 Å². The van der Waals surface area contributed by atoms with Gasteiger partial charge in [-0.1, -0.05) is 25.1 Å². The zero-order chi connectivity index (χ0) is 12.8. The van der Waals surface area contributed by atoms with Gasteiger partial charge in [0.1, 0.15) is 18.2 Å². The first kappa shape index (κ1) is 12.3. The average molecular weight is 244 g/mol. The number of nitrogens with zero attached hydrogens (tertiary/aromatic N) is 2. The van der Waals surface area contributed by atoms with Gasteiger partial charge in [-0.15, -0.1) is 0 Å². The Labute approximate surface area is 106 Å². The normalized spacial score (nSPS) is 10.1. The predicted octanol–water partition coefficient (Wildman–Crippen LogP) is 1.90. The van der Waals surface area contributed by atoms with Gasteiger partial charge in [0.2, 0.25) is 0 Å². The summed E-state index contributed by atoms with van der Waals surface area (Å²) in [6.45, 7) is 2.36. The third-order valence-electron chi connectivity index (χ3n) is 2.45. The standard InChI is InChI=1S/C13H16N4O/c1-2-10-8-12(17-14)16-13(15-10)9-18-11-6-4-3-5-7-11/h3-8H,2,9,14H2,1H3,(H,15,16,17). The van der Waals surface area contributed by atoms with E-state index in [1.807, 2.05) is 43.3 Å². The minimum Gasteiger partial charge on any atom is -0.486 e. The summed E-state index contributed by atoms with van der Waals surface area (Å²) in [5, 5.41) is 0. The largest absolute Gasteiger partial charge is 0.486 e. The average Bonchev–Trinajstić information content (AvgIpc) is 2.45. The molecule has 1 heterocycles. The second kappa shape index (κ2) is 5.97. The van der Waals surface area contributed by atoms with E-state index in [1.54, 1.807) is 0 Å². The lowest BCUT2D eigenvalue weighted by atomic mass is 10.3. The molecule has 0 aliphatic heterocycles. The third-order valence-corrected chi connectivity index (χ3v) is 2.45. The molecule has 0 atom stereocenters. The van der Waals surface area contributed by atoms with Gasteiger partial charge in [0.15, 0.2) is 5.82 Å². The van der Waals surface area contributed by atoms with Crippen LogP contribution in [0.1, 0.15) is 18.4 Å². The van der Waals surface area contributed by atoms with Gasteiger partial charge in [-0.05, 0) is 18.6 Å². The quantitative estimate of drug-likeness (QED) is 0.621. The second-order valence-electron chi connectivity index (χ2n) is 3.76. The summed E-state index contributed by atoms with van der Waals surface area (Å²) in [4.78, 5) is 8.63. The van der Waals surface area contributed by atoms with Crippen LogP contribution in [0, 0.1) is 0 Å². The van der Waals surface area contributed by atoms with E-state index in [0.717, 1.165) is 17.9 Å².